The fourth-order valence-electron chi connectivity index (χ4n) is 3.09. The van der Waals surface area contributed by atoms with Crippen LogP contribution in [0.3, 0.4) is 0 Å². The minimum Gasteiger partial charge on any atom is -0.322 e. The van der Waals surface area contributed by atoms with Crippen LogP contribution >= 0.6 is 0 Å². The van der Waals surface area contributed by atoms with Crippen LogP contribution in [0.2, 0.25) is 0 Å². The van der Waals surface area contributed by atoms with Crippen molar-refractivity contribution in [1.29, 1.82) is 0 Å². The van der Waals surface area contributed by atoms with Gasteiger partial charge in [-0.15, -0.1) is 0 Å². The zero-order valence-electron chi connectivity index (χ0n) is 12.1. The van der Waals surface area contributed by atoms with Crippen LogP contribution in [0.25, 0.3) is 0 Å². The molecule has 0 saturated carbocycles. The fraction of sp³-hybridized carbons (Fsp3) is 0.533. The van der Waals surface area contributed by atoms with Crippen molar-refractivity contribution in [3.63, 3.8) is 0 Å². The Morgan fingerprint density at radius 2 is 2.00 bits per heavy atom. The molecule has 2 heterocycles. The van der Waals surface area contributed by atoms with Crippen LogP contribution < -0.4 is 5.32 Å². The molecule has 2 atom stereocenters. The molecular weight excluding hydrogens is 288 g/mol. The SMILES string of the molecule is Cc1ccc(C2NCC(=O)N2CC2CCS(=O)(=O)C2)cc1. The predicted molar refractivity (Wildman–Crippen MR) is 80.4 cm³/mol. The second kappa shape index (κ2) is 5.42. The van der Waals surface area contributed by atoms with Crippen molar-refractivity contribution in [2.24, 2.45) is 5.92 Å². The number of benzene rings is 1. The number of carbonyl (C=O) groups is 1. The smallest absolute Gasteiger partial charge is 0.238 e. The number of carbonyl (C=O) groups excluding carboxylic acids is 1. The molecule has 5 nitrogen and oxygen atoms in total. The summed E-state index contributed by atoms with van der Waals surface area (Å²) in [4.78, 5) is 13.9. The highest BCUT2D eigenvalue weighted by Crippen LogP contribution is 2.27. The Morgan fingerprint density at radius 1 is 1.29 bits per heavy atom. The van der Waals surface area contributed by atoms with E-state index in [1.165, 1.54) is 5.56 Å². The van der Waals surface area contributed by atoms with E-state index in [9.17, 15) is 13.2 Å². The zero-order chi connectivity index (χ0) is 15.0. The first kappa shape index (κ1) is 14.5. The van der Waals surface area contributed by atoms with E-state index in [-0.39, 0.29) is 29.5 Å². The third kappa shape index (κ3) is 3.11. The molecule has 1 aromatic carbocycles. The molecule has 21 heavy (non-hydrogen) atoms. The Morgan fingerprint density at radius 3 is 2.62 bits per heavy atom. The second-order valence-corrected chi connectivity index (χ2v) is 8.24. The van der Waals surface area contributed by atoms with Crippen LogP contribution in [0.15, 0.2) is 24.3 Å². The van der Waals surface area contributed by atoms with Crippen molar-refractivity contribution < 1.29 is 13.2 Å². The van der Waals surface area contributed by atoms with Gasteiger partial charge >= 0.3 is 0 Å². The molecule has 2 aliphatic rings. The fourth-order valence-corrected chi connectivity index (χ4v) is 4.94. The molecule has 1 amide bonds. The van der Waals surface area contributed by atoms with E-state index in [1.807, 2.05) is 31.2 Å². The van der Waals surface area contributed by atoms with E-state index < -0.39 is 9.84 Å². The number of hydrogen-bond acceptors (Lipinski definition) is 4. The molecule has 114 valence electrons. The average molecular weight is 308 g/mol. The first-order valence-electron chi connectivity index (χ1n) is 7.24. The Hall–Kier alpha value is -1.40. The molecular formula is C15H20N2O3S. The predicted octanol–water partition coefficient (Wildman–Crippen LogP) is 0.860. The maximum Gasteiger partial charge on any atom is 0.238 e. The van der Waals surface area contributed by atoms with E-state index >= 15 is 0 Å². The van der Waals surface area contributed by atoms with Crippen molar-refractivity contribution >= 4 is 15.7 Å². The summed E-state index contributed by atoms with van der Waals surface area (Å²) < 4.78 is 23.1. The molecule has 3 rings (SSSR count). The zero-order valence-corrected chi connectivity index (χ0v) is 12.9. The lowest BCUT2D eigenvalue weighted by Gasteiger charge is -2.27. The Balaban J connectivity index is 1.75. The van der Waals surface area contributed by atoms with Crippen LogP contribution in [0, 0.1) is 12.8 Å². The lowest BCUT2D eigenvalue weighted by Crippen LogP contribution is -2.35. The van der Waals surface area contributed by atoms with Gasteiger partial charge in [-0.3, -0.25) is 10.1 Å². The van der Waals surface area contributed by atoms with Gasteiger partial charge in [0.05, 0.1) is 18.1 Å². The largest absolute Gasteiger partial charge is 0.322 e. The molecule has 0 aromatic heterocycles. The number of nitrogens with zero attached hydrogens (tertiary/aromatic N) is 1. The number of amides is 1. The monoisotopic (exact) mass is 308 g/mol. The van der Waals surface area contributed by atoms with Gasteiger partial charge in [0, 0.05) is 6.54 Å². The maximum absolute atomic E-state index is 12.1. The summed E-state index contributed by atoms with van der Waals surface area (Å²) in [5.74, 6) is 0.566. The third-order valence-corrected chi connectivity index (χ3v) is 6.09. The highest BCUT2D eigenvalue weighted by Gasteiger charge is 2.36. The van der Waals surface area contributed by atoms with Gasteiger partial charge in [0.25, 0.3) is 0 Å². The molecule has 0 aliphatic carbocycles. The molecule has 0 radical (unpaired) electrons. The molecule has 0 bridgehead atoms. The quantitative estimate of drug-likeness (QED) is 0.899. The first-order chi connectivity index (χ1) is 9.94. The van der Waals surface area contributed by atoms with Gasteiger partial charge in [-0.05, 0) is 24.8 Å². The second-order valence-electron chi connectivity index (χ2n) is 6.01. The molecule has 2 fully saturated rings. The Kier molecular flexibility index (Phi) is 3.75. The van der Waals surface area contributed by atoms with Gasteiger partial charge in [0.2, 0.25) is 5.91 Å². The van der Waals surface area contributed by atoms with Crippen molar-refractivity contribution in [3.05, 3.63) is 35.4 Å². The van der Waals surface area contributed by atoms with Crippen LogP contribution in [-0.4, -0.2) is 43.8 Å². The average Bonchev–Trinajstić information content (AvgIpc) is 2.95. The third-order valence-electron chi connectivity index (χ3n) is 4.25. The van der Waals surface area contributed by atoms with Crippen LogP contribution in [0.5, 0.6) is 0 Å². The number of aryl methyl sites for hydroxylation is 1. The van der Waals surface area contributed by atoms with E-state index in [0.29, 0.717) is 19.5 Å². The van der Waals surface area contributed by atoms with Crippen LogP contribution in [0.4, 0.5) is 0 Å². The molecule has 2 saturated heterocycles. The lowest BCUT2D eigenvalue weighted by molar-refractivity contribution is -0.128. The highest BCUT2D eigenvalue weighted by molar-refractivity contribution is 7.91. The summed E-state index contributed by atoms with van der Waals surface area (Å²) in [5, 5.41) is 3.21. The van der Waals surface area contributed by atoms with Gasteiger partial charge in [0.15, 0.2) is 9.84 Å². The number of rotatable bonds is 3. The number of nitrogens with one attached hydrogen (secondary N) is 1. The summed E-state index contributed by atoms with van der Waals surface area (Å²) >= 11 is 0. The van der Waals surface area contributed by atoms with Gasteiger partial charge in [-0.1, -0.05) is 29.8 Å². The summed E-state index contributed by atoms with van der Waals surface area (Å²) in [6.07, 6.45) is 0.522. The molecule has 0 spiro atoms. The standard InChI is InChI=1S/C15H20N2O3S/c1-11-2-4-13(5-3-11)15-16-8-14(18)17(15)9-12-6-7-21(19,20)10-12/h2-5,12,15-16H,6-10H2,1H3. The minimum atomic E-state index is -2.90. The number of sulfone groups is 1. The van der Waals surface area contributed by atoms with Crippen LogP contribution in [0.1, 0.15) is 23.7 Å². The van der Waals surface area contributed by atoms with Crippen molar-refractivity contribution in [2.75, 3.05) is 24.6 Å². The van der Waals surface area contributed by atoms with E-state index in [2.05, 4.69) is 5.32 Å². The Labute approximate surface area is 125 Å². The first-order valence-corrected chi connectivity index (χ1v) is 9.06. The van der Waals surface area contributed by atoms with E-state index in [1.54, 1.807) is 4.90 Å². The maximum atomic E-state index is 12.1. The van der Waals surface area contributed by atoms with Crippen molar-refractivity contribution in [2.45, 2.75) is 19.5 Å². The van der Waals surface area contributed by atoms with Crippen molar-refractivity contribution in [3.8, 4) is 0 Å². The molecule has 2 aliphatic heterocycles. The van der Waals surface area contributed by atoms with Crippen molar-refractivity contribution in [1.82, 2.24) is 10.2 Å². The van der Waals surface area contributed by atoms with Gasteiger partial charge < -0.3 is 4.90 Å². The highest BCUT2D eigenvalue weighted by atomic mass is 32.2. The molecule has 2 unspecified atom stereocenters. The summed E-state index contributed by atoms with van der Waals surface area (Å²) in [5.41, 5.74) is 2.23. The van der Waals surface area contributed by atoms with Crippen LogP contribution in [-0.2, 0) is 14.6 Å². The molecule has 1 aromatic rings. The van der Waals surface area contributed by atoms with E-state index in [4.69, 9.17) is 0 Å². The topological polar surface area (TPSA) is 66.5 Å². The molecule has 6 heteroatoms. The summed E-state index contributed by atoms with van der Waals surface area (Å²) in [6, 6.07) is 8.09. The lowest BCUT2D eigenvalue weighted by atomic mass is 10.1. The van der Waals surface area contributed by atoms with Gasteiger partial charge in [0.1, 0.15) is 6.17 Å². The Bertz CT molecular complexity index is 639. The summed E-state index contributed by atoms with van der Waals surface area (Å²) in [7, 11) is -2.90. The molecule has 1 N–H and O–H groups in total. The number of hydrogen-bond donors (Lipinski definition) is 1. The van der Waals surface area contributed by atoms with E-state index in [0.717, 1.165) is 5.56 Å². The normalized spacial score (nSPS) is 28.2. The summed E-state index contributed by atoms with van der Waals surface area (Å²) in [6.45, 7) is 2.86. The minimum absolute atomic E-state index is 0.0462. The van der Waals surface area contributed by atoms with Gasteiger partial charge in [-0.2, -0.15) is 0 Å². The van der Waals surface area contributed by atoms with Gasteiger partial charge in [-0.25, -0.2) is 8.42 Å².